The third-order valence-electron chi connectivity index (χ3n) is 4.33. The van der Waals surface area contributed by atoms with Crippen LogP contribution in [0.5, 0.6) is 0 Å². The monoisotopic (exact) mass is 398 g/mol. The van der Waals surface area contributed by atoms with Crippen molar-refractivity contribution >= 4 is 27.3 Å². The van der Waals surface area contributed by atoms with Gasteiger partial charge in [-0.05, 0) is 37.6 Å². The molecule has 2 rings (SSSR count). The smallest absolute Gasteiger partial charge is 0.243 e. The minimum absolute atomic E-state index is 0.166. The van der Waals surface area contributed by atoms with Crippen LogP contribution in [0.4, 0.5) is 11.4 Å². The van der Waals surface area contributed by atoms with Gasteiger partial charge in [-0.25, -0.2) is 8.42 Å². The first-order valence-electron chi connectivity index (χ1n) is 9.44. The van der Waals surface area contributed by atoms with Gasteiger partial charge in [-0.15, -0.1) is 0 Å². The van der Waals surface area contributed by atoms with E-state index in [0.717, 1.165) is 19.4 Å². The standard InChI is InChI=1S/C18H30N4O4S/c1-2-3-9-20-16-7-6-15(14-17(16)21-18(23)5-4-8-19)27(24,25)22-10-12-26-13-11-22/h6-7,14,20H,2-5,8-13,19H2,1H3,(H,21,23). The number of ether oxygens (including phenoxy) is 1. The Balaban J connectivity index is 2.25. The van der Waals surface area contributed by atoms with Gasteiger partial charge in [0.25, 0.3) is 0 Å². The third kappa shape index (κ3) is 6.17. The van der Waals surface area contributed by atoms with Crippen molar-refractivity contribution in [1.29, 1.82) is 0 Å². The lowest BCUT2D eigenvalue weighted by Crippen LogP contribution is -2.40. The molecule has 1 saturated heterocycles. The van der Waals surface area contributed by atoms with Crippen LogP contribution < -0.4 is 16.4 Å². The lowest BCUT2D eigenvalue weighted by Gasteiger charge is -2.26. The van der Waals surface area contributed by atoms with Gasteiger partial charge in [0.2, 0.25) is 15.9 Å². The van der Waals surface area contributed by atoms with Gasteiger partial charge in [-0.1, -0.05) is 13.3 Å². The maximum atomic E-state index is 12.9. The number of anilines is 2. The number of nitrogens with one attached hydrogen (secondary N) is 2. The Morgan fingerprint density at radius 2 is 1.96 bits per heavy atom. The van der Waals surface area contributed by atoms with E-state index in [2.05, 4.69) is 17.6 Å². The number of sulfonamides is 1. The van der Waals surface area contributed by atoms with Crippen LogP contribution in [0.2, 0.25) is 0 Å². The van der Waals surface area contributed by atoms with Crippen molar-refractivity contribution < 1.29 is 17.9 Å². The van der Waals surface area contributed by atoms with Crippen LogP contribution in [-0.4, -0.2) is 58.0 Å². The lowest BCUT2D eigenvalue weighted by molar-refractivity contribution is -0.116. The number of unbranched alkanes of at least 4 members (excludes halogenated alkanes) is 1. The highest BCUT2D eigenvalue weighted by Gasteiger charge is 2.27. The van der Waals surface area contributed by atoms with Crippen LogP contribution in [0, 0.1) is 0 Å². The molecule has 0 radical (unpaired) electrons. The van der Waals surface area contributed by atoms with Crippen molar-refractivity contribution in [2.45, 2.75) is 37.5 Å². The molecule has 9 heteroatoms. The normalized spacial score (nSPS) is 15.5. The molecular weight excluding hydrogens is 368 g/mol. The molecule has 1 fully saturated rings. The predicted octanol–water partition coefficient (Wildman–Crippen LogP) is 1.60. The second-order valence-corrected chi connectivity index (χ2v) is 8.38. The number of hydrogen-bond donors (Lipinski definition) is 3. The highest BCUT2D eigenvalue weighted by Crippen LogP contribution is 2.28. The Labute approximate surface area is 161 Å². The molecule has 1 heterocycles. The second kappa shape index (κ2) is 10.6. The quantitative estimate of drug-likeness (QED) is 0.516. The third-order valence-corrected chi connectivity index (χ3v) is 6.22. The summed E-state index contributed by atoms with van der Waals surface area (Å²) in [6.07, 6.45) is 2.89. The summed E-state index contributed by atoms with van der Waals surface area (Å²) < 4.78 is 32.4. The Kier molecular flexibility index (Phi) is 8.49. The summed E-state index contributed by atoms with van der Waals surface area (Å²) in [5.74, 6) is -0.181. The van der Waals surface area contributed by atoms with Crippen LogP contribution in [0.15, 0.2) is 23.1 Å². The number of nitrogens with two attached hydrogens (primary N) is 1. The number of morpholine rings is 1. The minimum Gasteiger partial charge on any atom is -0.383 e. The van der Waals surface area contributed by atoms with E-state index in [-0.39, 0.29) is 10.8 Å². The van der Waals surface area contributed by atoms with Crippen molar-refractivity contribution in [2.24, 2.45) is 5.73 Å². The minimum atomic E-state index is -3.62. The maximum Gasteiger partial charge on any atom is 0.243 e. The van der Waals surface area contributed by atoms with Crippen LogP contribution >= 0.6 is 0 Å². The predicted molar refractivity (Wildman–Crippen MR) is 106 cm³/mol. The topological polar surface area (TPSA) is 114 Å². The van der Waals surface area contributed by atoms with Crippen molar-refractivity contribution in [3.05, 3.63) is 18.2 Å². The van der Waals surface area contributed by atoms with Crippen LogP contribution in [0.3, 0.4) is 0 Å². The molecule has 1 aromatic carbocycles. The molecule has 8 nitrogen and oxygen atoms in total. The van der Waals surface area contributed by atoms with E-state index in [1.165, 1.54) is 10.4 Å². The number of amides is 1. The highest BCUT2D eigenvalue weighted by atomic mass is 32.2. The Morgan fingerprint density at radius 1 is 1.22 bits per heavy atom. The fourth-order valence-electron chi connectivity index (χ4n) is 2.75. The Morgan fingerprint density at radius 3 is 2.63 bits per heavy atom. The van der Waals surface area contributed by atoms with E-state index in [9.17, 15) is 13.2 Å². The highest BCUT2D eigenvalue weighted by molar-refractivity contribution is 7.89. The summed E-state index contributed by atoms with van der Waals surface area (Å²) in [6, 6.07) is 4.82. The molecule has 0 bridgehead atoms. The molecule has 0 saturated carbocycles. The summed E-state index contributed by atoms with van der Waals surface area (Å²) in [6.45, 7) is 4.71. The number of rotatable bonds is 10. The molecule has 0 unspecified atom stereocenters. The van der Waals surface area contributed by atoms with Crippen LogP contribution in [-0.2, 0) is 19.6 Å². The van der Waals surface area contributed by atoms with Gasteiger partial charge in [-0.3, -0.25) is 4.79 Å². The van der Waals surface area contributed by atoms with E-state index >= 15 is 0 Å². The van der Waals surface area contributed by atoms with E-state index < -0.39 is 10.0 Å². The van der Waals surface area contributed by atoms with Gasteiger partial charge in [0, 0.05) is 26.1 Å². The van der Waals surface area contributed by atoms with Crippen molar-refractivity contribution in [2.75, 3.05) is 50.0 Å². The zero-order valence-electron chi connectivity index (χ0n) is 15.9. The largest absolute Gasteiger partial charge is 0.383 e. The number of nitrogens with zero attached hydrogens (tertiary/aromatic N) is 1. The molecular formula is C18H30N4O4S. The fraction of sp³-hybridized carbons (Fsp3) is 0.611. The Hall–Kier alpha value is -1.68. The average molecular weight is 399 g/mol. The molecule has 1 aliphatic rings. The SMILES string of the molecule is CCCCNc1ccc(S(=O)(=O)N2CCOCC2)cc1NC(=O)CCCN. The number of hydrogen-bond acceptors (Lipinski definition) is 6. The van der Waals surface area contributed by atoms with Gasteiger partial charge >= 0.3 is 0 Å². The van der Waals surface area contributed by atoms with Crippen LogP contribution in [0.1, 0.15) is 32.6 Å². The molecule has 1 aromatic rings. The van der Waals surface area contributed by atoms with Gasteiger partial charge < -0.3 is 21.1 Å². The van der Waals surface area contributed by atoms with E-state index in [1.54, 1.807) is 12.1 Å². The molecule has 4 N–H and O–H groups in total. The molecule has 152 valence electrons. The number of carbonyl (C=O) groups is 1. The summed E-state index contributed by atoms with van der Waals surface area (Å²) in [5, 5.41) is 6.09. The Bertz CT molecular complexity index is 718. The van der Waals surface area contributed by atoms with Gasteiger partial charge in [0.05, 0.1) is 29.5 Å². The first-order chi connectivity index (χ1) is 13.0. The van der Waals surface area contributed by atoms with Gasteiger partial charge in [0.15, 0.2) is 0 Å². The zero-order valence-corrected chi connectivity index (χ0v) is 16.7. The lowest BCUT2D eigenvalue weighted by atomic mass is 10.2. The van der Waals surface area contributed by atoms with E-state index in [0.29, 0.717) is 57.1 Å². The molecule has 0 spiro atoms. The van der Waals surface area contributed by atoms with Crippen molar-refractivity contribution in [1.82, 2.24) is 4.31 Å². The number of benzene rings is 1. The summed E-state index contributed by atoms with van der Waals surface area (Å²) in [7, 11) is -3.62. The van der Waals surface area contributed by atoms with Gasteiger partial charge in [-0.2, -0.15) is 4.31 Å². The second-order valence-electron chi connectivity index (χ2n) is 6.44. The maximum absolute atomic E-state index is 12.9. The summed E-state index contributed by atoms with van der Waals surface area (Å²) >= 11 is 0. The zero-order chi connectivity index (χ0) is 19.7. The van der Waals surface area contributed by atoms with E-state index in [1.807, 2.05) is 0 Å². The molecule has 0 aliphatic carbocycles. The first-order valence-corrected chi connectivity index (χ1v) is 10.9. The molecule has 0 atom stereocenters. The van der Waals surface area contributed by atoms with E-state index in [4.69, 9.17) is 10.5 Å². The van der Waals surface area contributed by atoms with Gasteiger partial charge in [0.1, 0.15) is 0 Å². The molecule has 27 heavy (non-hydrogen) atoms. The summed E-state index contributed by atoms with van der Waals surface area (Å²) in [5.41, 5.74) is 6.65. The molecule has 1 aliphatic heterocycles. The summed E-state index contributed by atoms with van der Waals surface area (Å²) in [4.78, 5) is 12.3. The molecule has 1 amide bonds. The van der Waals surface area contributed by atoms with Crippen LogP contribution in [0.25, 0.3) is 0 Å². The van der Waals surface area contributed by atoms with Crippen molar-refractivity contribution in [3.8, 4) is 0 Å². The van der Waals surface area contributed by atoms with Crippen molar-refractivity contribution in [3.63, 3.8) is 0 Å². The average Bonchev–Trinajstić information content (AvgIpc) is 2.68. The fourth-order valence-corrected chi connectivity index (χ4v) is 4.19. The molecule has 0 aromatic heterocycles. The number of carbonyl (C=O) groups excluding carboxylic acids is 1. The first kappa shape index (κ1) is 21.6.